The van der Waals surface area contributed by atoms with Gasteiger partial charge in [0.15, 0.2) is 0 Å². The average Bonchev–Trinajstić information content (AvgIpc) is 3.23. The van der Waals surface area contributed by atoms with E-state index in [2.05, 4.69) is 23.0 Å². The standard InChI is InChI=1S/C30H38F3N5O3S/c1-3-4-5-6-7-8-9-10-16-41-23-17-25-26(18-34)28(38(22-12-11-13-22)29(25)36-19-23)27-15-14-24(20-35-27)42(39,40)37-21(2)30(31,32)33/h14-15,17,19-22,37H,3-13,16H2,1-2H3/t21-/m0/s1. The molecule has 1 aliphatic rings. The minimum absolute atomic E-state index is 0.0979. The smallest absolute Gasteiger partial charge is 0.404 e. The number of nitrogens with zero attached hydrogens (tertiary/aromatic N) is 4. The molecule has 8 nitrogen and oxygen atoms in total. The van der Waals surface area contributed by atoms with Crippen LogP contribution in [0, 0.1) is 11.3 Å². The summed E-state index contributed by atoms with van der Waals surface area (Å²) in [6.07, 6.45) is 10.3. The third-order valence-electron chi connectivity index (χ3n) is 7.75. The summed E-state index contributed by atoms with van der Waals surface area (Å²) in [7, 11) is -4.46. The number of halogens is 3. The van der Waals surface area contributed by atoms with E-state index >= 15 is 0 Å². The van der Waals surface area contributed by atoms with E-state index in [-0.39, 0.29) is 6.04 Å². The van der Waals surface area contributed by atoms with Gasteiger partial charge in [0, 0.05) is 17.6 Å². The van der Waals surface area contributed by atoms with Crippen molar-refractivity contribution < 1.29 is 26.3 Å². The molecule has 42 heavy (non-hydrogen) atoms. The van der Waals surface area contributed by atoms with Gasteiger partial charge in [-0.25, -0.2) is 13.4 Å². The van der Waals surface area contributed by atoms with Gasteiger partial charge >= 0.3 is 6.18 Å². The van der Waals surface area contributed by atoms with E-state index in [0.29, 0.717) is 40.3 Å². The van der Waals surface area contributed by atoms with Gasteiger partial charge in [0.1, 0.15) is 28.4 Å². The molecule has 12 heteroatoms. The molecular formula is C30H38F3N5O3S. The van der Waals surface area contributed by atoms with E-state index in [1.807, 2.05) is 10.6 Å². The Balaban J connectivity index is 1.55. The number of ether oxygens (including phenoxy) is 1. The number of aromatic nitrogens is 3. The molecule has 0 aromatic carbocycles. The Morgan fingerprint density at radius 2 is 1.79 bits per heavy atom. The van der Waals surface area contributed by atoms with Crippen molar-refractivity contribution in [2.24, 2.45) is 0 Å². The number of rotatable bonds is 15. The molecule has 0 bridgehead atoms. The normalized spacial score (nSPS) is 15.0. The number of nitrogens with one attached hydrogen (secondary N) is 1. The second kappa shape index (κ2) is 13.9. The third kappa shape index (κ3) is 7.42. The Hall–Kier alpha value is -3.17. The average molecular weight is 606 g/mol. The molecule has 1 fully saturated rings. The molecule has 0 amide bonds. The van der Waals surface area contributed by atoms with Gasteiger partial charge in [-0.05, 0) is 50.8 Å². The summed E-state index contributed by atoms with van der Waals surface area (Å²) in [5.74, 6) is 0.568. The number of hydrogen-bond donors (Lipinski definition) is 1. The molecule has 0 aliphatic heterocycles. The predicted molar refractivity (Wildman–Crippen MR) is 155 cm³/mol. The summed E-state index contributed by atoms with van der Waals surface area (Å²) in [4.78, 5) is 8.54. The molecule has 1 N–H and O–H groups in total. The van der Waals surface area contributed by atoms with Crippen molar-refractivity contribution in [3.63, 3.8) is 0 Å². The fraction of sp³-hybridized carbons (Fsp3) is 0.567. The first-order chi connectivity index (χ1) is 20.1. The Morgan fingerprint density at radius 1 is 1.10 bits per heavy atom. The zero-order valence-corrected chi connectivity index (χ0v) is 24.9. The van der Waals surface area contributed by atoms with Crippen LogP contribution in [0.25, 0.3) is 22.4 Å². The van der Waals surface area contributed by atoms with Gasteiger partial charge in [-0.15, -0.1) is 0 Å². The van der Waals surface area contributed by atoms with E-state index in [1.165, 1.54) is 50.7 Å². The number of alkyl halides is 3. The van der Waals surface area contributed by atoms with Gasteiger partial charge in [-0.3, -0.25) is 4.98 Å². The minimum atomic E-state index is -4.73. The highest BCUT2D eigenvalue weighted by Gasteiger charge is 2.39. The quantitative estimate of drug-likeness (QED) is 0.180. The lowest BCUT2D eigenvalue weighted by Crippen LogP contribution is -2.42. The van der Waals surface area contributed by atoms with Gasteiger partial charge in [-0.2, -0.15) is 23.2 Å². The van der Waals surface area contributed by atoms with Gasteiger partial charge in [0.25, 0.3) is 0 Å². The second-order valence-corrected chi connectivity index (χ2v) is 12.6. The van der Waals surface area contributed by atoms with Crippen LogP contribution in [0.1, 0.15) is 96.1 Å². The van der Waals surface area contributed by atoms with Crippen molar-refractivity contribution in [1.82, 2.24) is 19.3 Å². The number of pyridine rings is 2. The Morgan fingerprint density at radius 3 is 2.36 bits per heavy atom. The number of nitriles is 1. The maximum Gasteiger partial charge on any atom is 0.404 e. The SMILES string of the molecule is CCCCCCCCCCOc1cnc2c(c1)c(C#N)c(-c1ccc(S(=O)(=O)N[C@@H](C)C(F)(F)F)cn1)n2C1CCC1. The van der Waals surface area contributed by atoms with E-state index < -0.39 is 27.1 Å². The zero-order valence-electron chi connectivity index (χ0n) is 24.1. The Bertz CT molecular complexity index is 1490. The van der Waals surface area contributed by atoms with Crippen molar-refractivity contribution in [2.45, 2.75) is 108 Å². The summed E-state index contributed by atoms with van der Waals surface area (Å²) >= 11 is 0. The molecule has 3 aromatic heterocycles. The molecule has 0 saturated heterocycles. The van der Waals surface area contributed by atoms with Gasteiger partial charge in [0.05, 0.1) is 29.8 Å². The topological polar surface area (TPSA) is 110 Å². The Labute approximate surface area is 245 Å². The Kier molecular flexibility index (Phi) is 10.5. The molecule has 1 atom stereocenters. The zero-order chi connectivity index (χ0) is 30.3. The first-order valence-electron chi connectivity index (χ1n) is 14.7. The largest absolute Gasteiger partial charge is 0.492 e. The lowest BCUT2D eigenvalue weighted by Gasteiger charge is -2.29. The maximum atomic E-state index is 12.9. The molecule has 4 rings (SSSR count). The molecular weight excluding hydrogens is 567 g/mol. The molecule has 0 spiro atoms. The van der Waals surface area contributed by atoms with Gasteiger partial charge in [0.2, 0.25) is 10.0 Å². The van der Waals surface area contributed by atoms with E-state index in [1.54, 1.807) is 10.9 Å². The van der Waals surface area contributed by atoms with Crippen LogP contribution in [0.2, 0.25) is 0 Å². The van der Waals surface area contributed by atoms with E-state index in [0.717, 1.165) is 45.2 Å². The summed E-state index contributed by atoms with van der Waals surface area (Å²) < 4.78 is 73.4. The third-order valence-corrected chi connectivity index (χ3v) is 9.27. The van der Waals surface area contributed by atoms with Gasteiger partial charge in [-0.1, -0.05) is 51.9 Å². The highest BCUT2D eigenvalue weighted by molar-refractivity contribution is 7.89. The van der Waals surface area contributed by atoms with Gasteiger partial charge < -0.3 is 9.30 Å². The van der Waals surface area contributed by atoms with Crippen LogP contribution in [0.3, 0.4) is 0 Å². The summed E-state index contributed by atoms with van der Waals surface area (Å²) in [6.45, 7) is 3.50. The van der Waals surface area contributed by atoms with Crippen molar-refractivity contribution in [1.29, 1.82) is 5.26 Å². The summed E-state index contributed by atoms with van der Waals surface area (Å²) in [5, 5.41) is 10.8. The van der Waals surface area contributed by atoms with E-state index in [9.17, 15) is 26.9 Å². The van der Waals surface area contributed by atoms with Crippen molar-refractivity contribution in [2.75, 3.05) is 6.61 Å². The first-order valence-corrected chi connectivity index (χ1v) is 16.2. The number of unbranched alkanes of at least 4 members (excludes halogenated alkanes) is 7. The fourth-order valence-electron chi connectivity index (χ4n) is 5.09. The van der Waals surface area contributed by atoms with Crippen LogP contribution in [0.15, 0.2) is 35.5 Å². The minimum Gasteiger partial charge on any atom is -0.492 e. The fourth-order valence-corrected chi connectivity index (χ4v) is 6.26. The lowest BCUT2D eigenvalue weighted by molar-refractivity contribution is -0.147. The number of hydrogen-bond acceptors (Lipinski definition) is 6. The van der Waals surface area contributed by atoms with Crippen molar-refractivity contribution >= 4 is 21.1 Å². The molecule has 3 heterocycles. The summed E-state index contributed by atoms with van der Waals surface area (Å²) in [5.41, 5.74) is 1.80. The molecule has 1 saturated carbocycles. The van der Waals surface area contributed by atoms with Crippen LogP contribution in [-0.4, -0.2) is 41.8 Å². The monoisotopic (exact) mass is 605 g/mol. The second-order valence-electron chi connectivity index (χ2n) is 10.9. The predicted octanol–water partition coefficient (Wildman–Crippen LogP) is 7.44. The highest BCUT2D eigenvalue weighted by Crippen LogP contribution is 2.42. The van der Waals surface area contributed by atoms with Crippen LogP contribution in [0.4, 0.5) is 13.2 Å². The van der Waals surface area contributed by atoms with Crippen LogP contribution in [-0.2, 0) is 10.0 Å². The summed E-state index contributed by atoms with van der Waals surface area (Å²) in [6, 6.07) is 4.53. The van der Waals surface area contributed by atoms with Crippen molar-refractivity contribution in [3.8, 4) is 23.2 Å². The van der Waals surface area contributed by atoms with Crippen LogP contribution >= 0.6 is 0 Å². The highest BCUT2D eigenvalue weighted by atomic mass is 32.2. The van der Waals surface area contributed by atoms with E-state index in [4.69, 9.17) is 4.74 Å². The maximum absolute atomic E-state index is 12.9. The number of fused-ring (bicyclic) bond motifs is 1. The number of sulfonamides is 1. The van der Waals surface area contributed by atoms with Crippen LogP contribution in [0.5, 0.6) is 5.75 Å². The van der Waals surface area contributed by atoms with Crippen molar-refractivity contribution in [3.05, 3.63) is 36.2 Å². The molecule has 1 aliphatic carbocycles. The van der Waals surface area contributed by atoms with Crippen LogP contribution < -0.4 is 9.46 Å². The molecule has 3 aromatic rings. The molecule has 0 radical (unpaired) electrons. The first kappa shape index (κ1) is 31.8. The molecule has 228 valence electrons. The molecule has 0 unspecified atom stereocenters. The lowest BCUT2D eigenvalue weighted by atomic mass is 9.92.